The van der Waals surface area contributed by atoms with E-state index in [0.717, 1.165) is 17.8 Å². The molecule has 1 amide bonds. The van der Waals surface area contributed by atoms with Crippen molar-refractivity contribution in [2.75, 3.05) is 11.9 Å². The van der Waals surface area contributed by atoms with Gasteiger partial charge in [0, 0.05) is 41.2 Å². The van der Waals surface area contributed by atoms with Gasteiger partial charge < -0.3 is 10.2 Å². The van der Waals surface area contributed by atoms with Crippen LogP contribution in [-0.2, 0) is 12.7 Å². The lowest BCUT2D eigenvalue weighted by molar-refractivity contribution is -0.141. The van der Waals surface area contributed by atoms with E-state index < -0.39 is 17.7 Å². The number of alkyl halides is 3. The Morgan fingerprint density at radius 1 is 1.12 bits per heavy atom. The van der Waals surface area contributed by atoms with E-state index >= 15 is 0 Å². The third kappa shape index (κ3) is 4.02. The van der Waals surface area contributed by atoms with Crippen LogP contribution < -0.4 is 5.32 Å². The molecule has 1 aliphatic rings. The maximum atomic E-state index is 14.8. The van der Waals surface area contributed by atoms with Gasteiger partial charge in [-0.15, -0.1) is 0 Å². The van der Waals surface area contributed by atoms with Gasteiger partial charge in [-0.25, -0.2) is 9.37 Å². The summed E-state index contributed by atoms with van der Waals surface area (Å²) in [5.74, 6) is -0.0480. The van der Waals surface area contributed by atoms with Crippen molar-refractivity contribution in [1.82, 2.24) is 14.9 Å². The number of anilines is 1. The normalized spacial score (nSPS) is 14.4. The smallest absolute Gasteiger partial charge is 0.363 e. The fourth-order valence-corrected chi connectivity index (χ4v) is 3.71. The van der Waals surface area contributed by atoms with Gasteiger partial charge in [-0.1, -0.05) is 18.2 Å². The highest BCUT2D eigenvalue weighted by molar-refractivity contribution is 5.99. The topological polar surface area (TPSA) is 58.1 Å². The lowest BCUT2D eigenvalue weighted by Crippen LogP contribution is -2.22. The SMILES string of the molecule is CCN1Cc2c(ccnc2NC(C)c2ccc(-c3ccc(C(F)(F)F)nc3)c(F)c2)C1=O. The largest absolute Gasteiger partial charge is 0.433 e. The molecule has 0 fully saturated rings. The molecule has 1 atom stereocenters. The Morgan fingerprint density at radius 3 is 2.53 bits per heavy atom. The van der Waals surface area contributed by atoms with Crippen molar-refractivity contribution in [2.45, 2.75) is 32.6 Å². The highest BCUT2D eigenvalue weighted by Crippen LogP contribution is 2.32. The second-order valence-corrected chi connectivity index (χ2v) is 7.54. The molecular weight excluding hydrogens is 424 g/mol. The number of aromatic nitrogens is 2. The summed E-state index contributed by atoms with van der Waals surface area (Å²) in [6.07, 6.45) is -1.98. The van der Waals surface area contributed by atoms with Crippen molar-refractivity contribution in [3.8, 4) is 11.1 Å². The molecule has 9 heteroatoms. The Labute approximate surface area is 182 Å². The number of hydrogen-bond acceptors (Lipinski definition) is 4. The number of halogens is 4. The van der Waals surface area contributed by atoms with Gasteiger partial charge in [-0.3, -0.25) is 9.78 Å². The number of nitrogens with zero attached hydrogens (tertiary/aromatic N) is 3. The molecule has 0 bridgehead atoms. The third-order valence-electron chi connectivity index (χ3n) is 5.52. The monoisotopic (exact) mass is 444 g/mol. The van der Waals surface area contributed by atoms with Crippen LogP contribution in [-0.4, -0.2) is 27.3 Å². The van der Waals surface area contributed by atoms with Crippen molar-refractivity contribution in [3.05, 3.63) is 77.0 Å². The molecule has 32 heavy (non-hydrogen) atoms. The molecule has 3 aromatic rings. The van der Waals surface area contributed by atoms with E-state index in [1.807, 2.05) is 13.8 Å². The summed E-state index contributed by atoms with van der Waals surface area (Å²) in [6, 6.07) is 7.93. The molecular formula is C23H20F4N4O. The molecule has 1 unspecified atom stereocenters. The molecule has 0 aliphatic carbocycles. The predicted molar refractivity (Wildman–Crippen MR) is 111 cm³/mol. The summed E-state index contributed by atoms with van der Waals surface area (Å²) in [4.78, 5) is 21.8. The summed E-state index contributed by atoms with van der Waals surface area (Å²) >= 11 is 0. The van der Waals surface area contributed by atoms with Crippen molar-refractivity contribution < 1.29 is 22.4 Å². The Balaban J connectivity index is 1.55. The Morgan fingerprint density at radius 2 is 1.91 bits per heavy atom. The van der Waals surface area contributed by atoms with Crippen LogP contribution in [0.3, 0.4) is 0 Å². The molecule has 3 heterocycles. The second-order valence-electron chi connectivity index (χ2n) is 7.54. The molecule has 0 spiro atoms. The van der Waals surface area contributed by atoms with Gasteiger partial charge in [0.05, 0.1) is 12.6 Å². The van der Waals surface area contributed by atoms with Crippen molar-refractivity contribution in [3.63, 3.8) is 0 Å². The van der Waals surface area contributed by atoms with E-state index in [4.69, 9.17) is 0 Å². The number of amides is 1. The average molecular weight is 444 g/mol. The molecule has 166 valence electrons. The van der Waals surface area contributed by atoms with Crippen LogP contribution >= 0.6 is 0 Å². The van der Waals surface area contributed by atoms with Gasteiger partial charge in [0.2, 0.25) is 0 Å². The standard InChI is InChI=1S/C23H20F4N4O/c1-3-31-12-18-17(22(31)32)8-9-28-21(18)30-13(2)14-4-6-16(19(24)10-14)15-5-7-20(29-11-15)23(25,26)27/h4-11,13H,3,12H2,1-2H3,(H,28,30). The summed E-state index contributed by atoms with van der Waals surface area (Å²) < 4.78 is 52.9. The fourth-order valence-electron chi connectivity index (χ4n) is 3.71. The van der Waals surface area contributed by atoms with Crippen molar-refractivity contribution >= 4 is 11.7 Å². The maximum absolute atomic E-state index is 14.8. The van der Waals surface area contributed by atoms with Crippen molar-refractivity contribution in [2.24, 2.45) is 0 Å². The minimum atomic E-state index is -4.55. The first kappa shape index (κ1) is 21.7. The van der Waals surface area contributed by atoms with Crippen LogP contribution in [0.25, 0.3) is 11.1 Å². The fraction of sp³-hybridized carbons (Fsp3) is 0.261. The summed E-state index contributed by atoms with van der Waals surface area (Å²) in [6.45, 7) is 4.79. The number of carbonyl (C=O) groups is 1. The van der Waals surface area contributed by atoms with E-state index in [9.17, 15) is 22.4 Å². The highest BCUT2D eigenvalue weighted by Gasteiger charge is 2.32. The Kier molecular flexibility index (Phi) is 5.58. The zero-order valence-corrected chi connectivity index (χ0v) is 17.4. The number of hydrogen-bond donors (Lipinski definition) is 1. The molecule has 1 aromatic carbocycles. The van der Waals surface area contributed by atoms with Gasteiger partial charge in [-0.05, 0) is 37.6 Å². The van der Waals surface area contributed by atoms with E-state index in [1.165, 1.54) is 18.2 Å². The third-order valence-corrected chi connectivity index (χ3v) is 5.52. The molecule has 0 saturated heterocycles. The molecule has 0 radical (unpaired) electrons. The quantitative estimate of drug-likeness (QED) is 0.532. The zero-order valence-electron chi connectivity index (χ0n) is 17.4. The summed E-state index contributed by atoms with van der Waals surface area (Å²) in [5, 5.41) is 3.24. The lowest BCUT2D eigenvalue weighted by atomic mass is 10.0. The van der Waals surface area contributed by atoms with E-state index in [2.05, 4.69) is 15.3 Å². The van der Waals surface area contributed by atoms with Gasteiger partial charge >= 0.3 is 6.18 Å². The minimum absolute atomic E-state index is 0.0406. The Hall–Kier alpha value is -3.49. The molecule has 0 saturated carbocycles. The molecule has 4 rings (SSSR count). The van der Waals surface area contributed by atoms with Gasteiger partial charge in [0.15, 0.2) is 0 Å². The average Bonchev–Trinajstić information content (AvgIpc) is 3.10. The van der Waals surface area contributed by atoms with Crippen LogP contribution in [0.4, 0.5) is 23.4 Å². The second kappa shape index (κ2) is 8.22. The van der Waals surface area contributed by atoms with Crippen LogP contribution in [0, 0.1) is 5.82 Å². The van der Waals surface area contributed by atoms with Crippen LogP contribution in [0.5, 0.6) is 0 Å². The van der Waals surface area contributed by atoms with E-state index in [0.29, 0.717) is 30.0 Å². The van der Waals surface area contributed by atoms with E-state index in [-0.39, 0.29) is 23.1 Å². The zero-order chi connectivity index (χ0) is 23.0. The summed E-state index contributed by atoms with van der Waals surface area (Å²) in [5.41, 5.74) is 1.42. The number of rotatable bonds is 5. The van der Waals surface area contributed by atoms with Gasteiger partial charge in [0.1, 0.15) is 17.3 Å². The molecule has 2 aromatic heterocycles. The first-order chi connectivity index (χ1) is 15.2. The predicted octanol–water partition coefficient (Wildman–Crippen LogP) is 5.45. The number of nitrogens with one attached hydrogen (secondary N) is 1. The van der Waals surface area contributed by atoms with Crippen LogP contribution in [0.15, 0.2) is 48.8 Å². The first-order valence-electron chi connectivity index (χ1n) is 10.1. The van der Waals surface area contributed by atoms with Gasteiger partial charge in [-0.2, -0.15) is 13.2 Å². The maximum Gasteiger partial charge on any atom is 0.433 e. The molecule has 1 N–H and O–H groups in total. The van der Waals surface area contributed by atoms with Gasteiger partial charge in [0.25, 0.3) is 5.91 Å². The highest BCUT2D eigenvalue weighted by atomic mass is 19.4. The molecule has 1 aliphatic heterocycles. The van der Waals surface area contributed by atoms with Crippen LogP contribution in [0.1, 0.15) is 47.1 Å². The Bertz CT molecular complexity index is 1160. The van der Waals surface area contributed by atoms with Crippen LogP contribution in [0.2, 0.25) is 0 Å². The van der Waals surface area contributed by atoms with Crippen molar-refractivity contribution in [1.29, 1.82) is 0 Å². The summed E-state index contributed by atoms with van der Waals surface area (Å²) in [7, 11) is 0. The minimum Gasteiger partial charge on any atom is -0.363 e. The number of carbonyl (C=O) groups excluding carboxylic acids is 1. The first-order valence-corrected chi connectivity index (χ1v) is 10.1. The number of fused-ring (bicyclic) bond motifs is 1. The number of pyridine rings is 2. The number of benzene rings is 1. The van der Waals surface area contributed by atoms with E-state index in [1.54, 1.807) is 23.2 Å². The lowest BCUT2D eigenvalue weighted by Gasteiger charge is -2.18. The molecule has 5 nitrogen and oxygen atoms in total.